The predicted molar refractivity (Wildman–Crippen MR) is 74.9 cm³/mol. The van der Waals surface area contributed by atoms with Crippen LogP contribution in [0.5, 0.6) is 0 Å². The highest BCUT2D eigenvalue weighted by molar-refractivity contribution is 5.89. The maximum atomic E-state index is 12.0. The van der Waals surface area contributed by atoms with Gasteiger partial charge >= 0.3 is 0 Å². The molecule has 0 saturated carbocycles. The van der Waals surface area contributed by atoms with Crippen molar-refractivity contribution in [2.75, 3.05) is 13.1 Å². The molecule has 1 aliphatic heterocycles. The number of aromatic nitrogens is 2. The number of nitrogens with zero attached hydrogens (tertiary/aromatic N) is 3. The van der Waals surface area contributed by atoms with E-state index >= 15 is 0 Å². The summed E-state index contributed by atoms with van der Waals surface area (Å²) < 4.78 is 1.88. The van der Waals surface area contributed by atoms with Crippen LogP contribution in [-0.2, 0) is 23.1 Å². The van der Waals surface area contributed by atoms with Gasteiger partial charge in [0.2, 0.25) is 11.8 Å². The summed E-state index contributed by atoms with van der Waals surface area (Å²) in [5.74, 6) is -0.170. The fourth-order valence-corrected chi connectivity index (χ4v) is 2.46. The van der Waals surface area contributed by atoms with Crippen molar-refractivity contribution in [1.29, 1.82) is 0 Å². The number of hydrogen-bond donors (Lipinski definition) is 1. The first-order valence-electron chi connectivity index (χ1n) is 7.01. The lowest BCUT2D eigenvalue weighted by atomic mass is 10.1. The van der Waals surface area contributed by atoms with Crippen molar-refractivity contribution in [3.05, 3.63) is 18.2 Å². The van der Waals surface area contributed by atoms with Crippen molar-refractivity contribution in [2.24, 2.45) is 13.0 Å². The van der Waals surface area contributed by atoms with E-state index in [0.29, 0.717) is 25.9 Å². The van der Waals surface area contributed by atoms with Gasteiger partial charge < -0.3 is 14.8 Å². The molecule has 0 aromatic carbocycles. The van der Waals surface area contributed by atoms with Gasteiger partial charge in [-0.25, -0.2) is 4.98 Å². The van der Waals surface area contributed by atoms with Gasteiger partial charge in [0, 0.05) is 45.2 Å². The summed E-state index contributed by atoms with van der Waals surface area (Å²) in [5.41, 5.74) is 0.958. The zero-order valence-electron chi connectivity index (χ0n) is 12.3. The third-order valence-electron chi connectivity index (χ3n) is 3.59. The molecule has 1 fully saturated rings. The quantitative estimate of drug-likeness (QED) is 0.844. The molecule has 6 nitrogen and oxygen atoms in total. The van der Waals surface area contributed by atoms with E-state index < -0.39 is 0 Å². The molecule has 2 rings (SSSR count). The van der Waals surface area contributed by atoms with E-state index in [4.69, 9.17) is 0 Å². The van der Waals surface area contributed by atoms with Gasteiger partial charge in [-0.1, -0.05) is 0 Å². The van der Waals surface area contributed by atoms with Crippen LogP contribution >= 0.6 is 0 Å². The SMILES string of the molecule is CC(C)N1CC(C(=O)NCCc2cn(C)cn2)CC1=O. The van der Waals surface area contributed by atoms with Crippen LogP contribution in [-0.4, -0.2) is 45.4 Å². The third-order valence-corrected chi connectivity index (χ3v) is 3.59. The first-order chi connectivity index (χ1) is 9.47. The van der Waals surface area contributed by atoms with Crippen LogP contribution in [0.15, 0.2) is 12.5 Å². The monoisotopic (exact) mass is 278 g/mol. The standard InChI is InChI=1S/C14H22N4O2/c1-10(2)18-7-11(6-13(18)19)14(20)15-5-4-12-8-17(3)9-16-12/h8-11H,4-7H2,1-3H3,(H,15,20). The van der Waals surface area contributed by atoms with Crippen molar-refractivity contribution in [1.82, 2.24) is 19.8 Å². The number of carbonyl (C=O) groups is 2. The highest BCUT2D eigenvalue weighted by Crippen LogP contribution is 2.20. The molecule has 2 amide bonds. The second kappa shape index (κ2) is 6.07. The summed E-state index contributed by atoms with van der Waals surface area (Å²) in [5, 5.41) is 2.90. The summed E-state index contributed by atoms with van der Waals surface area (Å²) in [7, 11) is 1.92. The third kappa shape index (κ3) is 3.37. The van der Waals surface area contributed by atoms with Crippen molar-refractivity contribution >= 4 is 11.8 Å². The largest absolute Gasteiger partial charge is 0.355 e. The Morgan fingerprint density at radius 1 is 1.55 bits per heavy atom. The Bertz CT molecular complexity index is 495. The molecule has 1 aromatic heterocycles. The minimum atomic E-state index is -0.214. The van der Waals surface area contributed by atoms with E-state index in [9.17, 15) is 9.59 Å². The number of nitrogens with one attached hydrogen (secondary N) is 1. The Hall–Kier alpha value is -1.85. The van der Waals surface area contributed by atoms with Crippen molar-refractivity contribution < 1.29 is 9.59 Å². The van der Waals surface area contributed by atoms with Gasteiger partial charge in [0.25, 0.3) is 0 Å². The maximum absolute atomic E-state index is 12.0. The molecule has 0 aliphatic carbocycles. The van der Waals surface area contributed by atoms with Crippen LogP contribution in [0, 0.1) is 5.92 Å². The van der Waals surface area contributed by atoms with Crippen LogP contribution in [0.2, 0.25) is 0 Å². The van der Waals surface area contributed by atoms with Gasteiger partial charge in [-0.05, 0) is 13.8 Å². The molecule has 0 spiro atoms. The Kier molecular flexibility index (Phi) is 4.42. The summed E-state index contributed by atoms with van der Waals surface area (Å²) in [4.78, 5) is 29.8. The summed E-state index contributed by atoms with van der Waals surface area (Å²) in [6.07, 6.45) is 4.72. The Morgan fingerprint density at radius 3 is 2.85 bits per heavy atom. The number of carbonyl (C=O) groups excluding carboxylic acids is 2. The minimum absolute atomic E-state index is 0.0302. The van der Waals surface area contributed by atoms with Crippen LogP contribution in [0.4, 0.5) is 0 Å². The van der Waals surface area contributed by atoms with Gasteiger partial charge in [0.15, 0.2) is 0 Å². The molecule has 1 unspecified atom stereocenters. The Labute approximate surface area is 119 Å². The lowest BCUT2D eigenvalue weighted by Gasteiger charge is -2.20. The van der Waals surface area contributed by atoms with E-state index in [1.807, 2.05) is 31.7 Å². The molecule has 110 valence electrons. The second-order valence-electron chi connectivity index (χ2n) is 5.61. The summed E-state index contributed by atoms with van der Waals surface area (Å²) >= 11 is 0. The fourth-order valence-electron chi connectivity index (χ4n) is 2.46. The number of likely N-dealkylation sites (tertiary alicyclic amines) is 1. The average molecular weight is 278 g/mol. The molecule has 1 atom stereocenters. The van der Waals surface area contributed by atoms with Gasteiger partial charge in [0.05, 0.1) is 17.9 Å². The van der Waals surface area contributed by atoms with Gasteiger partial charge in [0.1, 0.15) is 0 Å². The minimum Gasteiger partial charge on any atom is -0.355 e. The highest BCUT2D eigenvalue weighted by atomic mass is 16.2. The maximum Gasteiger partial charge on any atom is 0.225 e. The molecule has 1 aliphatic rings. The average Bonchev–Trinajstić information content (AvgIpc) is 2.95. The smallest absolute Gasteiger partial charge is 0.225 e. The number of aryl methyl sites for hydroxylation is 1. The van der Waals surface area contributed by atoms with Crippen molar-refractivity contribution in [3.63, 3.8) is 0 Å². The van der Waals surface area contributed by atoms with Crippen LogP contribution < -0.4 is 5.32 Å². The number of amides is 2. The molecule has 20 heavy (non-hydrogen) atoms. The molecule has 1 aromatic rings. The predicted octanol–water partition coefficient (Wildman–Crippen LogP) is 0.336. The molecular weight excluding hydrogens is 256 g/mol. The zero-order chi connectivity index (χ0) is 14.7. The van der Waals surface area contributed by atoms with E-state index in [-0.39, 0.29) is 23.8 Å². The Balaban J connectivity index is 1.77. The lowest BCUT2D eigenvalue weighted by molar-refractivity contribution is -0.129. The van der Waals surface area contributed by atoms with Gasteiger partial charge in [-0.3, -0.25) is 9.59 Å². The normalized spacial score (nSPS) is 18.9. The number of hydrogen-bond acceptors (Lipinski definition) is 3. The van der Waals surface area contributed by atoms with Crippen molar-refractivity contribution in [3.8, 4) is 0 Å². The van der Waals surface area contributed by atoms with E-state index in [2.05, 4.69) is 10.3 Å². The number of imidazole rings is 1. The molecule has 1 N–H and O–H groups in total. The van der Waals surface area contributed by atoms with Crippen molar-refractivity contribution in [2.45, 2.75) is 32.7 Å². The fraction of sp³-hybridized carbons (Fsp3) is 0.643. The first kappa shape index (κ1) is 14.6. The molecule has 2 heterocycles. The molecule has 0 bridgehead atoms. The lowest BCUT2D eigenvalue weighted by Crippen LogP contribution is -2.36. The van der Waals surface area contributed by atoms with Crippen LogP contribution in [0.3, 0.4) is 0 Å². The molecule has 0 radical (unpaired) electrons. The van der Waals surface area contributed by atoms with E-state index in [1.165, 1.54) is 0 Å². The second-order valence-corrected chi connectivity index (χ2v) is 5.61. The Morgan fingerprint density at radius 2 is 2.30 bits per heavy atom. The van der Waals surface area contributed by atoms with Gasteiger partial charge in [-0.2, -0.15) is 0 Å². The highest BCUT2D eigenvalue weighted by Gasteiger charge is 2.35. The van der Waals surface area contributed by atoms with Crippen LogP contribution in [0.25, 0.3) is 0 Å². The topological polar surface area (TPSA) is 67.2 Å². The molecular formula is C14H22N4O2. The first-order valence-corrected chi connectivity index (χ1v) is 7.01. The summed E-state index contributed by atoms with van der Waals surface area (Å²) in [6, 6.07) is 0.161. The summed E-state index contributed by atoms with van der Waals surface area (Å²) in [6.45, 7) is 5.03. The van der Waals surface area contributed by atoms with Crippen LogP contribution in [0.1, 0.15) is 26.0 Å². The van der Waals surface area contributed by atoms with Gasteiger partial charge in [-0.15, -0.1) is 0 Å². The molecule has 1 saturated heterocycles. The zero-order valence-corrected chi connectivity index (χ0v) is 12.3. The van der Waals surface area contributed by atoms with E-state index in [1.54, 1.807) is 11.2 Å². The molecule has 6 heteroatoms. The number of rotatable bonds is 5. The van der Waals surface area contributed by atoms with E-state index in [0.717, 1.165) is 5.69 Å².